The Labute approximate surface area is 332 Å². The molecule has 0 radical (unpaired) electrons. The zero-order chi connectivity index (χ0) is 39.9. The van der Waals surface area contributed by atoms with Crippen molar-refractivity contribution in [2.24, 2.45) is 0 Å². The second-order valence-corrected chi connectivity index (χ2v) is 15.3. The molecule has 0 atom stereocenters. The van der Waals surface area contributed by atoms with Gasteiger partial charge in [0.25, 0.3) is 15.7 Å². The van der Waals surface area contributed by atoms with Crippen molar-refractivity contribution in [3.8, 4) is 0 Å². The average molecular weight is 778 g/mol. The van der Waals surface area contributed by atoms with Crippen LogP contribution in [0.15, 0.2) is 198 Å². The second-order valence-electron chi connectivity index (χ2n) is 13.7. The third-order valence-corrected chi connectivity index (χ3v) is 10.9. The number of aliphatic hydroxyl groups is 1. The number of aromatic nitrogens is 2. The van der Waals surface area contributed by atoms with Crippen molar-refractivity contribution in [2.45, 2.75) is 11.1 Å². The number of hydrogen-bond acceptors (Lipinski definition) is 7. The minimum atomic E-state index is -3.84. The van der Waals surface area contributed by atoms with Gasteiger partial charge >= 0.3 is 5.69 Å². The first-order valence-electron chi connectivity index (χ1n) is 18.7. The Balaban J connectivity index is 1.73. The summed E-state index contributed by atoms with van der Waals surface area (Å²) in [6.07, 6.45) is 2.51. The van der Waals surface area contributed by atoms with Gasteiger partial charge in [0.1, 0.15) is 16.8 Å². The monoisotopic (exact) mass is 777 g/mol. The van der Waals surface area contributed by atoms with E-state index < -0.39 is 32.4 Å². The molecule has 0 bridgehead atoms. The van der Waals surface area contributed by atoms with Gasteiger partial charge in [-0.1, -0.05) is 182 Å². The lowest BCUT2D eigenvalue weighted by Crippen LogP contribution is -2.58. The Morgan fingerprint density at radius 3 is 1.19 bits per heavy atom. The third kappa shape index (κ3) is 7.38. The van der Waals surface area contributed by atoms with E-state index in [1.807, 2.05) is 182 Å². The fourth-order valence-electron chi connectivity index (χ4n) is 7.95. The maximum Gasteiger partial charge on any atom is 0.333 e. The van der Waals surface area contributed by atoms with E-state index in [1.165, 1.54) is 4.57 Å². The SMILES string of the molecule is CS(=O)(=O)OCCN(CCO)c1cn(C(c2ccccc2)(c2ccccc2)c2ccccc2)c(=O)n(C(c2ccccc2)(c2ccccc2)c2ccccc2)c1=O. The van der Waals surface area contributed by atoms with Crippen molar-refractivity contribution < 1.29 is 17.7 Å². The molecule has 7 aromatic rings. The predicted octanol–water partition coefficient (Wildman–Crippen LogP) is 6.47. The molecule has 0 amide bonds. The summed E-state index contributed by atoms with van der Waals surface area (Å²) in [6.45, 7) is -0.838. The van der Waals surface area contributed by atoms with Gasteiger partial charge in [-0.15, -0.1) is 0 Å². The molecule has 1 heterocycles. The van der Waals surface area contributed by atoms with Crippen molar-refractivity contribution in [3.63, 3.8) is 0 Å². The summed E-state index contributed by atoms with van der Waals surface area (Å²) in [6, 6.07) is 57.4. The maximum absolute atomic E-state index is 16.4. The molecule has 0 spiro atoms. The highest BCUT2D eigenvalue weighted by Crippen LogP contribution is 2.43. The van der Waals surface area contributed by atoms with Crippen molar-refractivity contribution in [1.29, 1.82) is 0 Å². The highest BCUT2D eigenvalue weighted by Gasteiger charge is 2.46. The van der Waals surface area contributed by atoms with Crippen LogP contribution >= 0.6 is 0 Å². The molecular weight excluding hydrogens is 735 g/mol. The molecule has 0 fully saturated rings. The number of benzene rings is 6. The number of rotatable bonds is 15. The molecule has 0 aliphatic heterocycles. The molecule has 1 N–H and O–H groups in total. The van der Waals surface area contributed by atoms with Gasteiger partial charge in [0.15, 0.2) is 0 Å². The molecule has 0 aliphatic carbocycles. The minimum Gasteiger partial charge on any atom is -0.395 e. The van der Waals surface area contributed by atoms with Gasteiger partial charge < -0.3 is 10.0 Å². The van der Waals surface area contributed by atoms with Crippen LogP contribution < -0.4 is 16.1 Å². The van der Waals surface area contributed by atoms with Crippen LogP contribution in [0.5, 0.6) is 0 Å². The van der Waals surface area contributed by atoms with E-state index >= 15 is 9.59 Å². The molecule has 0 unspecified atom stereocenters. The Morgan fingerprint density at radius 1 is 0.544 bits per heavy atom. The lowest BCUT2D eigenvalue weighted by Gasteiger charge is -2.42. The van der Waals surface area contributed by atoms with Crippen LogP contribution in [0.25, 0.3) is 0 Å². The molecule has 0 aliphatic rings. The molecule has 6 aromatic carbocycles. The van der Waals surface area contributed by atoms with Crippen molar-refractivity contribution in [2.75, 3.05) is 37.5 Å². The van der Waals surface area contributed by atoms with Crippen LogP contribution in [0.1, 0.15) is 33.4 Å². The van der Waals surface area contributed by atoms with Gasteiger partial charge in [-0.25, -0.2) is 9.36 Å². The van der Waals surface area contributed by atoms with Crippen LogP contribution in [0.3, 0.4) is 0 Å². The van der Waals surface area contributed by atoms with Crippen LogP contribution in [-0.2, 0) is 25.4 Å². The molecular formula is C47H43N3O6S. The predicted molar refractivity (Wildman–Crippen MR) is 224 cm³/mol. The molecule has 288 valence electrons. The van der Waals surface area contributed by atoms with E-state index in [-0.39, 0.29) is 32.0 Å². The highest BCUT2D eigenvalue weighted by atomic mass is 32.2. The summed E-state index contributed by atoms with van der Waals surface area (Å²) in [5.74, 6) is 0. The van der Waals surface area contributed by atoms with Crippen LogP contribution in [0.4, 0.5) is 5.69 Å². The third-order valence-electron chi connectivity index (χ3n) is 10.3. The first-order chi connectivity index (χ1) is 27.7. The smallest absolute Gasteiger partial charge is 0.333 e. The Morgan fingerprint density at radius 2 is 0.877 bits per heavy atom. The Hall–Kier alpha value is -6.33. The van der Waals surface area contributed by atoms with E-state index in [9.17, 15) is 13.5 Å². The van der Waals surface area contributed by atoms with Gasteiger partial charge in [-0.05, 0) is 33.4 Å². The quantitative estimate of drug-likeness (QED) is 0.0940. The highest BCUT2D eigenvalue weighted by molar-refractivity contribution is 7.85. The molecule has 57 heavy (non-hydrogen) atoms. The first-order valence-corrected chi connectivity index (χ1v) is 20.5. The van der Waals surface area contributed by atoms with E-state index in [4.69, 9.17) is 4.18 Å². The molecule has 0 saturated carbocycles. The van der Waals surface area contributed by atoms with E-state index in [0.717, 1.165) is 22.9 Å². The van der Waals surface area contributed by atoms with Crippen molar-refractivity contribution in [3.05, 3.63) is 242 Å². The Bertz CT molecular complexity index is 2430. The Kier molecular flexibility index (Phi) is 11.5. The molecule has 0 saturated heterocycles. The van der Waals surface area contributed by atoms with Crippen molar-refractivity contribution in [1.82, 2.24) is 9.13 Å². The summed E-state index contributed by atoms with van der Waals surface area (Å²) in [7, 11) is -3.84. The lowest BCUT2D eigenvalue weighted by atomic mass is 9.75. The molecule has 7 rings (SSSR count). The standard InChI is InChI=1S/C47H43N3O6S/c1-57(54,55)56-35-33-48(32-34-51)43-36-49(46(37-20-8-2-9-21-37,38-22-10-3-11-23-38)39-24-12-4-13-25-39)45(53)50(44(43)52)47(40-26-14-5-15-27-40,41-28-16-6-17-29-41)42-30-18-7-19-31-42/h2-31,36,51H,32-35H2,1H3. The first kappa shape index (κ1) is 38.9. The lowest BCUT2D eigenvalue weighted by molar-refractivity contribution is 0.291. The topological polar surface area (TPSA) is 111 Å². The summed E-state index contributed by atoms with van der Waals surface area (Å²) in [5, 5.41) is 10.5. The van der Waals surface area contributed by atoms with Crippen LogP contribution in [0.2, 0.25) is 0 Å². The van der Waals surface area contributed by atoms with Gasteiger partial charge in [-0.3, -0.25) is 13.5 Å². The number of aliphatic hydroxyl groups excluding tert-OH is 1. The number of nitrogens with zero attached hydrogens (tertiary/aromatic N) is 3. The number of hydrogen-bond donors (Lipinski definition) is 1. The summed E-state index contributed by atoms with van der Waals surface area (Å²) < 4.78 is 32.4. The van der Waals surface area contributed by atoms with E-state index in [2.05, 4.69) is 0 Å². The van der Waals surface area contributed by atoms with Crippen LogP contribution in [-0.4, -0.2) is 55.2 Å². The number of anilines is 1. The van der Waals surface area contributed by atoms with Gasteiger partial charge in [0.2, 0.25) is 0 Å². The fraction of sp³-hybridized carbons (Fsp3) is 0.149. The summed E-state index contributed by atoms with van der Waals surface area (Å²) >= 11 is 0. The van der Waals surface area contributed by atoms with E-state index in [1.54, 1.807) is 15.7 Å². The summed E-state index contributed by atoms with van der Waals surface area (Å²) in [4.78, 5) is 33.7. The van der Waals surface area contributed by atoms with Gasteiger partial charge in [-0.2, -0.15) is 8.42 Å². The normalized spacial score (nSPS) is 12.0. The second kappa shape index (κ2) is 16.8. The molecule has 9 nitrogen and oxygen atoms in total. The summed E-state index contributed by atoms with van der Waals surface area (Å²) in [5.41, 5.74) is 0.0993. The van der Waals surface area contributed by atoms with Gasteiger partial charge in [0, 0.05) is 19.3 Å². The van der Waals surface area contributed by atoms with Crippen LogP contribution in [0, 0.1) is 0 Å². The fourth-order valence-corrected chi connectivity index (χ4v) is 8.33. The van der Waals surface area contributed by atoms with Gasteiger partial charge in [0.05, 0.1) is 19.5 Å². The molecule has 1 aromatic heterocycles. The van der Waals surface area contributed by atoms with Crippen molar-refractivity contribution >= 4 is 15.8 Å². The average Bonchev–Trinajstić information content (AvgIpc) is 3.25. The zero-order valence-electron chi connectivity index (χ0n) is 31.5. The van der Waals surface area contributed by atoms with E-state index in [0.29, 0.717) is 16.7 Å². The maximum atomic E-state index is 16.4. The minimum absolute atomic E-state index is 0.0556. The largest absolute Gasteiger partial charge is 0.395 e. The zero-order valence-corrected chi connectivity index (χ0v) is 32.3. The molecule has 10 heteroatoms.